The molecule has 7 nitrogen and oxygen atoms in total. The third kappa shape index (κ3) is 2.57. The maximum atomic E-state index is 12.5. The van der Waals surface area contributed by atoms with E-state index in [9.17, 15) is 4.79 Å². The van der Waals surface area contributed by atoms with Crippen LogP contribution in [-0.4, -0.2) is 35.3 Å². The predicted molar refractivity (Wildman–Crippen MR) is 82.6 cm³/mol. The van der Waals surface area contributed by atoms with E-state index in [2.05, 4.69) is 19.1 Å². The Morgan fingerprint density at radius 1 is 1.27 bits per heavy atom. The molecule has 8 heteroatoms. The first kappa shape index (κ1) is 14.6. The number of esters is 1. The molecule has 0 aliphatic rings. The number of rotatable bonds is 2. The zero-order chi connectivity index (χ0) is 15.9. The lowest BCUT2D eigenvalue weighted by atomic mass is 10.1. The summed E-state index contributed by atoms with van der Waals surface area (Å²) in [5, 5.41) is 8.07. The Morgan fingerprint density at radius 2 is 2.05 bits per heavy atom. The summed E-state index contributed by atoms with van der Waals surface area (Å²) in [4.78, 5) is 12.5. The summed E-state index contributed by atoms with van der Waals surface area (Å²) in [6.45, 7) is 5.46. The van der Waals surface area contributed by atoms with E-state index in [0.29, 0.717) is 16.9 Å². The number of aryl methyl sites for hydroxylation is 1. The first-order valence-electron chi connectivity index (χ1n) is 6.71. The van der Waals surface area contributed by atoms with Gasteiger partial charge in [-0.15, -0.1) is 5.10 Å². The van der Waals surface area contributed by atoms with Gasteiger partial charge < -0.3 is 4.74 Å². The van der Waals surface area contributed by atoms with E-state index in [1.54, 1.807) is 7.05 Å². The van der Waals surface area contributed by atoms with Crippen molar-refractivity contribution in [2.75, 3.05) is 0 Å². The highest BCUT2D eigenvalue weighted by Gasteiger charge is 2.27. The first-order chi connectivity index (χ1) is 10.4. The summed E-state index contributed by atoms with van der Waals surface area (Å²) in [7, 11) is 1.66. The molecule has 1 aromatic carbocycles. The number of hydrogen-bond donors (Lipinski definition) is 0. The Kier molecular flexibility index (Phi) is 3.40. The van der Waals surface area contributed by atoms with E-state index in [4.69, 9.17) is 4.74 Å². The Balaban J connectivity index is 2.13. The number of nitrogens with zero attached hydrogens (tertiary/aromatic N) is 5. The van der Waals surface area contributed by atoms with E-state index >= 15 is 0 Å². The van der Waals surface area contributed by atoms with Gasteiger partial charge in [-0.25, -0.2) is 9.48 Å². The van der Waals surface area contributed by atoms with Gasteiger partial charge in [-0.2, -0.15) is 8.75 Å². The van der Waals surface area contributed by atoms with Crippen molar-refractivity contribution in [3.63, 3.8) is 0 Å². The van der Waals surface area contributed by atoms with Gasteiger partial charge in [-0.05, 0) is 26.8 Å². The Labute approximate surface area is 131 Å². The molecular formula is C14H15N5O2S. The second-order valence-corrected chi connectivity index (χ2v) is 6.38. The molecular weight excluding hydrogens is 302 g/mol. The average Bonchev–Trinajstić information content (AvgIpc) is 3.02. The summed E-state index contributed by atoms with van der Waals surface area (Å²) < 4.78 is 15.3. The molecule has 114 valence electrons. The molecule has 0 aliphatic heterocycles. The molecule has 3 aromatic rings. The van der Waals surface area contributed by atoms with Crippen LogP contribution in [0.3, 0.4) is 0 Å². The maximum Gasteiger partial charge on any atom is 0.359 e. The van der Waals surface area contributed by atoms with E-state index < -0.39 is 11.6 Å². The van der Waals surface area contributed by atoms with Crippen LogP contribution in [0.15, 0.2) is 18.2 Å². The lowest BCUT2D eigenvalue weighted by Gasteiger charge is -2.19. The molecule has 2 heterocycles. The van der Waals surface area contributed by atoms with Crippen LogP contribution in [-0.2, 0) is 11.8 Å². The van der Waals surface area contributed by atoms with Crippen molar-refractivity contribution in [3.8, 4) is 11.3 Å². The lowest BCUT2D eigenvalue weighted by molar-refractivity contribution is 0.00585. The fourth-order valence-electron chi connectivity index (χ4n) is 2.09. The minimum atomic E-state index is -0.590. The minimum Gasteiger partial charge on any atom is -0.455 e. The summed E-state index contributed by atoms with van der Waals surface area (Å²) in [6.07, 6.45) is 0. The highest BCUT2D eigenvalue weighted by atomic mass is 32.1. The Morgan fingerprint density at radius 3 is 2.77 bits per heavy atom. The quantitative estimate of drug-likeness (QED) is 0.675. The van der Waals surface area contributed by atoms with Crippen molar-refractivity contribution in [2.45, 2.75) is 26.4 Å². The van der Waals surface area contributed by atoms with E-state index in [0.717, 1.165) is 22.8 Å². The van der Waals surface area contributed by atoms with E-state index in [1.165, 1.54) is 4.68 Å². The molecule has 0 spiro atoms. The molecule has 0 saturated carbocycles. The van der Waals surface area contributed by atoms with E-state index in [-0.39, 0.29) is 0 Å². The first-order valence-corrected chi connectivity index (χ1v) is 7.44. The summed E-state index contributed by atoms with van der Waals surface area (Å²) >= 11 is 1.12. The summed E-state index contributed by atoms with van der Waals surface area (Å²) in [5.41, 5.74) is 2.36. The smallest absolute Gasteiger partial charge is 0.359 e. The highest BCUT2D eigenvalue weighted by molar-refractivity contribution is 7.00. The standard InChI is InChI=1S/C14H15N5O2S/c1-14(2,3)21-13(20)12-11(15-18-19(12)4)8-6-5-7-9-10(8)17-22-16-9/h5-7H,1-4H3. The maximum absolute atomic E-state index is 12.5. The number of ether oxygens (including phenoxy) is 1. The molecule has 0 saturated heterocycles. The van der Waals surface area contributed by atoms with Gasteiger partial charge in [0.2, 0.25) is 0 Å². The van der Waals surface area contributed by atoms with Crippen molar-refractivity contribution >= 4 is 28.7 Å². The molecule has 0 N–H and O–H groups in total. The highest BCUT2D eigenvalue weighted by Crippen LogP contribution is 2.29. The van der Waals surface area contributed by atoms with Crippen LogP contribution in [0.5, 0.6) is 0 Å². The zero-order valence-corrected chi connectivity index (χ0v) is 13.5. The van der Waals surface area contributed by atoms with Gasteiger partial charge in [0.25, 0.3) is 0 Å². The van der Waals surface area contributed by atoms with Crippen molar-refractivity contribution in [3.05, 3.63) is 23.9 Å². The largest absolute Gasteiger partial charge is 0.455 e. The molecule has 22 heavy (non-hydrogen) atoms. The van der Waals surface area contributed by atoms with Crippen LogP contribution in [0.2, 0.25) is 0 Å². The molecule has 0 aliphatic carbocycles. The van der Waals surface area contributed by atoms with Gasteiger partial charge in [0, 0.05) is 12.6 Å². The monoisotopic (exact) mass is 317 g/mol. The van der Waals surface area contributed by atoms with Crippen LogP contribution in [0.25, 0.3) is 22.3 Å². The Hall–Kier alpha value is -2.35. The summed E-state index contributed by atoms with van der Waals surface area (Å²) in [6, 6.07) is 5.57. The van der Waals surface area contributed by atoms with Gasteiger partial charge in [-0.1, -0.05) is 17.3 Å². The van der Waals surface area contributed by atoms with Crippen LogP contribution in [0.1, 0.15) is 31.3 Å². The topological polar surface area (TPSA) is 82.8 Å². The lowest BCUT2D eigenvalue weighted by Crippen LogP contribution is -2.25. The number of fused-ring (bicyclic) bond motifs is 1. The van der Waals surface area contributed by atoms with Gasteiger partial charge in [-0.3, -0.25) is 0 Å². The number of carbonyl (C=O) groups is 1. The van der Waals surface area contributed by atoms with Crippen molar-refractivity contribution in [1.29, 1.82) is 0 Å². The Bertz CT molecular complexity index is 846. The SMILES string of the molecule is Cn1nnc(-c2cccc3nsnc23)c1C(=O)OC(C)(C)C. The van der Waals surface area contributed by atoms with Crippen LogP contribution in [0.4, 0.5) is 0 Å². The summed E-state index contributed by atoms with van der Waals surface area (Å²) in [5.74, 6) is -0.463. The van der Waals surface area contributed by atoms with E-state index in [1.807, 2.05) is 39.0 Å². The predicted octanol–water partition coefficient (Wildman–Crippen LogP) is 2.44. The molecule has 3 rings (SSSR count). The second-order valence-electron chi connectivity index (χ2n) is 5.85. The molecule has 0 fully saturated rings. The molecule has 2 aromatic heterocycles. The van der Waals surface area contributed by atoms with Gasteiger partial charge in [0.1, 0.15) is 22.3 Å². The number of benzene rings is 1. The van der Waals surface area contributed by atoms with Crippen molar-refractivity contribution < 1.29 is 9.53 Å². The molecule has 0 unspecified atom stereocenters. The molecule has 0 bridgehead atoms. The minimum absolute atomic E-state index is 0.301. The average molecular weight is 317 g/mol. The molecule has 0 amide bonds. The normalized spacial score (nSPS) is 11.8. The van der Waals surface area contributed by atoms with Crippen molar-refractivity contribution in [2.24, 2.45) is 7.05 Å². The molecule has 0 atom stereocenters. The number of hydrogen-bond acceptors (Lipinski definition) is 7. The third-order valence-electron chi connectivity index (χ3n) is 2.96. The number of aromatic nitrogens is 5. The third-order valence-corrected chi connectivity index (χ3v) is 3.50. The van der Waals surface area contributed by atoms with Gasteiger partial charge >= 0.3 is 5.97 Å². The second kappa shape index (κ2) is 5.13. The fourth-order valence-corrected chi connectivity index (χ4v) is 2.64. The van der Waals surface area contributed by atoms with Crippen LogP contribution in [0, 0.1) is 0 Å². The van der Waals surface area contributed by atoms with Crippen molar-refractivity contribution in [1.82, 2.24) is 23.7 Å². The van der Waals surface area contributed by atoms with Gasteiger partial charge in [0.05, 0.1) is 11.7 Å². The van der Waals surface area contributed by atoms with Gasteiger partial charge in [0.15, 0.2) is 5.69 Å². The zero-order valence-electron chi connectivity index (χ0n) is 12.7. The fraction of sp³-hybridized carbons (Fsp3) is 0.357. The molecule has 0 radical (unpaired) electrons. The number of carbonyl (C=O) groups excluding carboxylic acids is 1. The van der Waals surface area contributed by atoms with Crippen LogP contribution >= 0.6 is 11.7 Å². The van der Waals surface area contributed by atoms with Crippen LogP contribution < -0.4 is 0 Å².